The number of anilines is 1. The number of hydrogen-bond donors (Lipinski definition) is 3. The fourth-order valence-corrected chi connectivity index (χ4v) is 2.16. The van der Waals surface area contributed by atoms with Gasteiger partial charge in [0.15, 0.2) is 0 Å². The van der Waals surface area contributed by atoms with Gasteiger partial charge in [-0.2, -0.15) is 0 Å². The molecule has 4 nitrogen and oxygen atoms in total. The van der Waals surface area contributed by atoms with Crippen LogP contribution in [-0.4, -0.2) is 16.1 Å². The first-order chi connectivity index (χ1) is 8.95. The Balaban J connectivity index is 2.25. The van der Waals surface area contributed by atoms with Crippen molar-refractivity contribution in [2.24, 2.45) is 0 Å². The van der Waals surface area contributed by atoms with Crippen LogP contribution in [0.1, 0.15) is 15.9 Å². The Bertz CT molecular complexity index is 620. The van der Waals surface area contributed by atoms with Gasteiger partial charge in [0.1, 0.15) is 11.5 Å². The van der Waals surface area contributed by atoms with Crippen molar-refractivity contribution < 1.29 is 15.0 Å². The van der Waals surface area contributed by atoms with Crippen molar-refractivity contribution in [2.45, 2.75) is 6.92 Å². The van der Waals surface area contributed by atoms with Crippen molar-refractivity contribution in [3.8, 4) is 11.5 Å². The summed E-state index contributed by atoms with van der Waals surface area (Å²) < 4.78 is 0.929. The van der Waals surface area contributed by atoms with Gasteiger partial charge in [-0.15, -0.1) is 0 Å². The van der Waals surface area contributed by atoms with Crippen molar-refractivity contribution in [1.82, 2.24) is 0 Å². The van der Waals surface area contributed by atoms with E-state index in [9.17, 15) is 15.0 Å². The van der Waals surface area contributed by atoms with E-state index in [-0.39, 0.29) is 17.1 Å². The lowest BCUT2D eigenvalue weighted by Crippen LogP contribution is -2.12. The molecule has 0 spiro atoms. The number of aryl methyl sites for hydroxylation is 1. The van der Waals surface area contributed by atoms with Gasteiger partial charge in [-0.05, 0) is 42.8 Å². The lowest BCUT2D eigenvalue weighted by molar-refractivity contribution is 0.102. The van der Waals surface area contributed by atoms with E-state index >= 15 is 0 Å². The summed E-state index contributed by atoms with van der Waals surface area (Å²) in [6.07, 6.45) is 0. The van der Waals surface area contributed by atoms with Gasteiger partial charge in [-0.25, -0.2) is 0 Å². The number of phenolic OH excluding ortho intramolecular Hbond substituents is 2. The Labute approximate surface area is 118 Å². The smallest absolute Gasteiger partial charge is 0.255 e. The molecule has 0 saturated heterocycles. The van der Waals surface area contributed by atoms with Gasteiger partial charge in [0.05, 0.1) is 0 Å². The van der Waals surface area contributed by atoms with Gasteiger partial charge in [-0.1, -0.05) is 15.9 Å². The summed E-state index contributed by atoms with van der Waals surface area (Å²) in [7, 11) is 0. The zero-order chi connectivity index (χ0) is 14.0. The fourth-order valence-electron chi connectivity index (χ4n) is 1.69. The summed E-state index contributed by atoms with van der Waals surface area (Å²) in [5, 5.41) is 21.4. The van der Waals surface area contributed by atoms with E-state index in [1.165, 1.54) is 18.2 Å². The van der Waals surface area contributed by atoms with Crippen molar-refractivity contribution in [2.75, 3.05) is 5.32 Å². The normalized spacial score (nSPS) is 10.2. The molecule has 0 fully saturated rings. The molecular weight excluding hydrogens is 310 g/mol. The number of hydrogen-bond acceptors (Lipinski definition) is 3. The first-order valence-electron chi connectivity index (χ1n) is 5.56. The van der Waals surface area contributed by atoms with Crippen LogP contribution in [0, 0.1) is 6.92 Å². The highest BCUT2D eigenvalue weighted by Crippen LogP contribution is 2.23. The lowest BCUT2D eigenvalue weighted by atomic mass is 10.1. The van der Waals surface area contributed by atoms with Crippen LogP contribution in [0.3, 0.4) is 0 Å². The van der Waals surface area contributed by atoms with E-state index in [1.54, 1.807) is 6.07 Å². The molecule has 0 aliphatic rings. The number of benzene rings is 2. The number of rotatable bonds is 2. The quantitative estimate of drug-likeness (QED) is 0.793. The van der Waals surface area contributed by atoms with Crippen LogP contribution in [0.15, 0.2) is 40.9 Å². The van der Waals surface area contributed by atoms with Crippen LogP contribution in [-0.2, 0) is 0 Å². The van der Waals surface area contributed by atoms with Crippen LogP contribution < -0.4 is 5.32 Å². The van der Waals surface area contributed by atoms with Crippen LogP contribution in [0.4, 0.5) is 5.69 Å². The Hall–Kier alpha value is -2.01. The standard InChI is InChI=1S/C14H12BrNO3/c1-8-4-10(15)2-3-13(8)16-14(19)9-5-11(17)7-12(18)6-9/h2-7,17-18H,1H3,(H,16,19). The van der Waals surface area contributed by atoms with Crippen LogP contribution in [0.25, 0.3) is 0 Å². The molecule has 0 aromatic heterocycles. The van der Waals surface area contributed by atoms with E-state index in [1.807, 2.05) is 19.1 Å². The molecule has 0 unspecified atom stereocenters. The second-order valence-corrected chi connectivity index (χ2v) is 5.07. The van der Waals surface area contributed by atoms with Crippen molar-refractivity contribution >= 4 is 27.5 Å². The lowest BCUT2D eigenvalue weighted by Gasteiger charge is -2.09. The summed E-state index contributed by atoms with van der Waals surface area (Å²) in [5.41, 5.74) is 1.78. The third kappa shape index (κ3) is 3.26. The summed E-state index contributed by atoms with van der Waals surface area (Å²) in [6, 6.07) is 9.24. The van der Waals surface area contributed by atoms with Crippen LogP contribution in [0.5, 0.6) is 11.5 Å². The first kappa shape index (κ1) is 13.4. The summed E-state index contributed by atoms with van der Waals surface area (Å²) in [6.45, 7) is 1.88. The highest BCUT2D eigenvalue weighted by Gasteiger charge is 2.10. The predicted molar refractivity (Wildman–Crippen MR) is 76.6 cm³/mol. The van der Waals surface area contributed by atoms with Gasteiger partial charge < -0.3 is 15.5 Å². The molecule has 2 aromatic rings. The number of carbonyl (C=O) groups is 1. The van der Waals surface area contributed by atoms with Gasteiger partial charge in [0.2, 0.25) is 0 Å². The molecule has 0 aliphatic carbocycles. The molecule has 3 N–H and O–H groups in total. The zero-order valence-electron chi connectivity index (χ0n) is 10.1. The summed E-state index contributed by atoms with van der Waals surface area (Å²) in [5.74, 6) is -0.702. The number of amides is 1. The third-order valence-electron chi connectivity index (χ3n) is 2.60. The maximum atomic E-state index is 12.0. The minimum atomic E-state index is -0.392. The molecule has 2 rings (SSSR count). The SMILES string of the molecule is Cc1cc(Br)ccc1NC(=O)c1cc(O)cc(O)c1. The minimum absolute atomic E-state index is 0.155. The van der Waals surface area contributed by atoms with Gasteiger partial charge in [-0.3, -0.25) is 4.79 Å². The van der Waals surface area contributed by atoms with Crippen molar-refractivity contribution in [3.63, 3.8) is 0 Å². The van der Waals surface area contributed by atoms with Gasteiger partial charge >= 0.3 is 0 Å². The second-order valence-electron chi connectivity index (χ2n) is 4.15. The Morgan fingerprint density at radius 2 is 1.74 bits per heavy atom. The average molecular weight is 322 g/mol. The Kier molecular flexibility index (Phi) is 3.76. The van der Waals surface area contributed by atoms with Gasteiger partial charge in [0.25, 0.3) is 5.91 Å². The van der Waals surface area contributed by atoms with E-state index < -0.39 is 5.91 Å². The topological polar surface area (TPSA) is 69.6 Å². The van der Waals surface area contributed by atoms with Crippen LogP contribution >= 0.6 is 15.9 Å². The number of phenols is 2. The van der Waals surface area contributed by atoms with Crippen molar-refractivity contribution in [1.29, 1.82) is 0 Å². The number of halogens is 1. The Morgan fingerprint density at radius 3 is 2.32 bits per heavy atom. The second kappa shape index (κ2) is 5.32. The average Bonchev–Trinajstić information content (AvgIpc) is 2.31. The van der Waals surface area contributed by atoms with Crippen molar-refractivity contribution in [3.05, 3.63) is 52.0 Å². The minimum Gasteiger partial charge on any atom is -0.508 e. The molecule has 5 heteroatoms. The Morgan fingerprint density at radius 1 is 1.11 bits per heavy atom. The molecule has 19 heavy (non-hydrogen) atoms. The van der Waals surface area contributed by atoms with E-state index in [4.69, 9.17) is 0 Å². The number of aromatic hydroxyl groups is 2. The molecule has 1 amide bonds. The van der Waals surface area contributed by atoms with E-state index in [0.29, 0.717) is 5.69 Å². The predicted octanol–water partition coefficient (Wildman–Crippen LogP) is 3.42. The molecular formula is C14H12BrNO3. The molecule has 0 atom stereocenters. The number of carbonyl (C=O) groups excluding carboxylic acids is 1. The highest BCUT2D eigenvalue weighted by molar-refractivity contribution is 9.10. The monoisotopic (exact) mass is 321 g/mol. The molecule has 0 heterocycles. The molecule has 2 aromatic carbocycles. The third-order valence-corrected chi connectivity index (χ3v) is 3.09. The molecule has 98 valence electrons. The largest absolute Gasteiger partial charge is 0.508 e. The van der Waals surface area contributed by atoms with Crippen LogP contribution in [0.2, 0.25) is 0 Å². The molecule has 0 radical (unpaired) electrons. The molecule has 0 bridgehead atoms. The maximum Gasteiger partial charge on any atom is 0.255 e. The van der Waals surface area contributed by atoms with E-state index in [0.717, 1.165) is 10.0 Å². The van der Waals surface area contributed by atoms with Gasteiger partial charge in [0, 0.05) is 21.8 Å². The summed E-state index contributed by atoms with van der Waals surface area (Å²) >= 11 is 3.35. The number of nitrogens with one attached hydrogen (secondary N) is 1. The first-order valence-corrected chi connectivity index (χ1v) is 6.35. The molecule has 0 saturated carbocycles. The highest BCUT2D eigenvalue weighted by atomic mass is 79.9. The maximum absolute atomic E-state index is 12.0. The fraction of sp³-hybridized carbons (Fsp3) is 0.0714. The zero-order valence-corrected chi connectivity index (χ0v) is 11.7. The summed E-state index contributed by atoms with van der Waals surface area (Å²) in [4.78, 5) is 12.0. The molecule has 0 aliphatic heterocycles. The van der Waals surface area contributed by atoms with E-state index in [2.05, 4.69) is 21.2 Å².